The van der Waals surface area contributed by atoms with Crippen LogP contribution in [-0.2, 0) is 33.3 Å². The van der Waals surface area contributed by atoms with Crippen molar-refractivity contribution >= 4 is 11.9 Å². The molecule has 6 atom stereocenters. The molecule has 4 rings (SSSR count). The average Bonchev–Trinajstić information content (AvgIpc) is 2.99. The fraction of sp³-hybridized carbons (Fsp3) is 0.571. The van der Waals surface area contributed by atoms with Crippen molar-refractivity contribution in [2.45, 2.75) is 37.8 Å². The van der Waals surface area contributed by atoms with Crippen molar-refractivity contribution in [1.29, 1.82) is 0 Å². The van der Waals surface area contributed by atoms with Crippen molar-refractivity contribution in [2.24, 2.45) is 11.8 Å². The molecule has 7 nitrogen and oxygen atoms in total. The monoisotopic (exact) mass is 294 g/mol. The van der Waals surface area contributed by atoms with Gasteiger partial charge in [0.15, 0.2) is 6.29 Å². The molecule has 0 aliphatic carbocycles. The summed E-state index contributed by atoms with van der Waals surface area (Å²) >= 11 is 0. The second kappa shape index (κ2) is 4.85. The van der Waals surface area contributed by atoms with Crippen LogP contribution in [0.1, 0.15) is 12.8 Å². The summed E-state index contributed by atoms with van der Waals surface area (Å²) in [6.07, 6.45) is 5.25. The second-order valence-electron chi connectivity index (χ2n) is 5.41. The van der Waals surface area contributed by atoms with Crippen molar-refractivity contribution in [3.05, 3.63) is 24.5 Å². The minimum atomic E-state index is -0.624. The molecule has 0 N–H and O–H groups in total. The first-order valence-corrected chi connectivity index (χ1v) is 6.89. The number of ether oxygens (including phenoxy) is 5. The molecule has 0 aromatic carbocycles. The van der Waals surface area contributed by atoms with Gasteiger partial charge in [0.05, 0.1) is 37.0 Å². The van der Waals surface area contributed by atoms with Gasteiger partial charge in [-0.15, -0.1) is 0 Å². The van der Waals surface area contributed by atoms with Gasteiger partial charge in [-0.25, -0.2) is 0 Å². The highest BCUT2D eigenvalue weighted by atomic mass is 16.8. The molecule has 112 valence electrons. The number of fused-ring (bicyclic) bond motifs is 2. The lowest BCUT2D eigenvalue weighted by Gasteiger charge is -2.32. The Kier molecular flexibility index (Phi) is 2.97. The van der Waals surface area contributed by atoms with E-state index in [1.807, 2.05) is 6.08 Å². The molecule has 7 heteroatoms. The summed E-state index contributed by atoms with van der Waals surface area (Å²) in [5.74, 6) is -0.807. The largest absolute Gasteiger partial charge is 0.462 e. The quantitative estimate of drug-likeness (QED) is 0.545. The standard InChI is InChI=1S/C14H14O7/c15-10-5-7-1-2-12(21-13(7)19-10)18-9-3-4-17-14-8(9)6-11(16)20-14/h1-4,7-9,12-14H,5-6H2. The molecule has 4 aliphatic rings. The molecule has 21 heavy (non-hydrogen) atoms. The van der Waals surface area contributed by atoms with Crippen LogP contribution in [0.25, 0.3) is 0 Å². The van der Waals surface area contributed by atoms with Crippen LogP contribution >= 0.6 is 0 Å². The van der Waals surface area contributed by atoms with Gasteiger partial charge in [0, 0.05) is 0 Å². The second-order valence-corrected chi connectivity index (χ2v) is 5.41. The summed E-state index contributed by atoms with van der Waals surface area (Å²) in [5.41, 5.74) is 0. The molecule has 2 fully saturated rings. The Morgan fingerprint density at radius 2 is 1.81 bits per heavy atom. The number of carbonyl (C=O) groups is 2. The van der Waals surface area contributed by atoms with E-state index in [9.17, 15) is 9.59 Å². The normalized spacial score (nSPS) is 43.8. The Hall–Kier alpha value is -1.86. The maximum atomic E-state index is 11.3. The van der Waals surface area contributed by atoms with Gasteiger partial charge in [0.1, 0.15) is 0 Å². The highest BCUT2D eigenvalue weighted by Crippen LogP contribution is 2.35. The van der Waals surface area contributed by atoms with Crippen LogP contribution in [0.15, 0.2) is 24.5 Å². The summed E-state index contributed by atoms with van der Waals surface area (Å²) in [7, 11) is 0. The van der Waals surface area contributed by atoms with Crippen molar-refractivity contribution in [1.82, 2.24) is 0 Å². The van der Waals surface area contributed by atoms with E-state index in [-0.39, 0.29) is 36.3 Å². The number of hydrogen-bond donors (Lipinski definition) is 0. The SMILES string of the molecule is O=C1CC2C=CC(OC3C=COC4OC(=O)CC34)OC2O1. The van der Waals surface area contributed by atoms with E-state index in [4.69, 9.17) is 23.7 Å². The maximum Gasteiger partial charge on any atom is 0.309 e. The van der Waals surface area contributed by atoms with E-state index in [1.165, 1.54) is 6.26 Å². The topological polar surface area (TPSA) is 80.3 Å². The number of carbonyl (C=O) groups excluding carboxylic acids is 2. The lowest BCUT2D eigenvalue weighted by atomic mass is 9.98. The zero-order chi connectivity index (χ0) is 14.4. The summed E-state index contributed by atoms with van der Waals surface area (Å²) in [4.78, 5) is 22.6. The van der Waals surface area contributed by atoms with Gasteiger partial charge in [-0.1, -0.05) is 6.08 Å². The lowest BCUT2D eigenvalue weighted by Crippen LogP contribution is -2.39. The van der Waals surface area contributed by atoms with Gasteiger partial charge < -0.3 is 23.7 Å². The molecule has 0 saturated carbocycles. The van der Waals surface area contributed by atoms with Crippen LogP contribution in [0.2, 0.25) is 0 Å². The molecule has 2 saturated heterocycles. The minimum absolute atomic E-state index is 0.0493. The Balaban J connectivity index is 1.43. The van der Waals surface area contributed by atoms with Crippen molar-refractivity contribution in [3.8, 4) is 0 Å². The zero-order valence-corrected chi connectivity index (χ0v) is 11.0. The van der Waals surface area contributed by atoms with Gasteiger partial charge in [-0.2, -0.15) is 0 Å². The fourth-order valence-corrected chi connectivity index (χ4v) is 2.93. The first-order chi connectivity index (χ1) is 10.2. The molecular weight excluding hydrogens is 280 g/mol. The average molecular weight is 294 g/mol. The predicted molar refractivity (Wildman–Crippen MR) is 65.1 cm³/mol. The lowest BCUT2D eigenvalue weighted by molar-refractivity contribution is -0.243. The van der Waals surface area contributed by atoms with Gasteiger partial charge in [-0.05, 0) is 12.2 Å². The zero-order valence-electron chi connectivity index (χ0n) is 11.0. The molecule has 6 unspecified atom stereocenters. The van der Waals surface area contributed by atoms with E-state index < -0.39 is 18.9 Å². The highest BCUT2D eigenvalue weighted by molar-refractivity contribution is 5.72. The summed E-state index contributed by atoms with van der Waals surface area (Å²) < 4.78 is 26.8. The minimum Gasteiger partial charge on any atom is -0.462 e. The molecule has 0 aromatic heterocycles. The molecule has 0 amide bonds. The van der Waals surface area contributed by atoms with Gasteiger partial charge in [-0.3, -0.25) is 9.59 Å². The third kappa shape index (κ3) is 2.32. The van der Waals surface area contributed by atoms with E-state index >= 15 is 0 Å². The predicted octanol–water partition coefficient (Wildman–Crippen LogP) is 0.606. The van der Waals surface area contributed by atoms with Gasteiger partial charge >= 0.3 is 11.9 Å². The van der Waals surface area contributed by atoms with Crippen LogP contribution in [0.3, 0.4) is 0 Å². The van der Waals surface area contributed by atoms with Gasteiger partial charge in [0.25, 0.3) is 0 Å². The van der Waals surface area contributed by atoms with Gasteiger partial charge in [0.2, 0.25) is 12.6 Å². The van der Waals surface area contributed by atoms with Crippen molar-refractivity contribution in [2.75, 3.05) is 0 Å². The molecule has 4 aliphatic heterocycles. The summed E-state index contributed by atoms with van der Waals surface area (Å²) in [5, 5.41) is 0. The molecule has 0 radical (unpaired) electrons. The van der Waals surface area contributed by atoms with E-state index in [0.717, 1.165) is 0 Å². The van der Waals surface area contributed by atoms with E-state index in [0.29, 0.717) is 6.42 Å². The first-order valence-electron chi connectivity index (χ1n) is 6.89. The Bertz CT molecular complexity index is 525. The Morgan fingerprint density at radius 1 is 1.00 bits per heavy atom. The molecule has 0 aromatic rings. The summed E-state index contributed by atoms with van der Waals surface area (Å²) in [6, 6.07) is 0. The first kappa shape index (κ1) is 12.8. The van der Waals surface area contributed by atoms with Crippen LogP contribution in [0, 0.1) is 11.8 Å². The number of rotatable bonds is 2. The molecule has 0 bridgehead atoms. The highest BCUT2D eigenvalue weighted by Gasteiger charge is 2.45. The Morgan fingerprint density at radius 3 is 2.71 bits per heavy atom. The third-order valence-electron chi connectivity index (χ3n) is 3.98. The van der Waals surface area contributed by atoms with E-state index in [2.05, 4.69) is 0 Å². The maximum absolute atomic E-state index is 11.3. The van der Waals surface area contributed by atoms with Crippen LogP contribution < -0.4 is 0 Å². The van der Waals surface area contributed by atoms with Crippen molar-refractivity contribution < 1.29 is 33.3 Å². The van der Waals surface area contributed by atoms with E-state index in [1.54, 1.807) is 12.2 Å². The molecular formula is C14H14O7. The van der Waals surface area contributed by atoms with Crippen LogP contribution in [0.5, 0.6) is 0 Å². The molecule has 0 spiro atoms. The fourth-order valence-electron chi connectivity index (χ4n) is 2.93. The summed E-state index contributed by atoms with van der Waals surface area (Å²) in [6.45, 7) is 0. The van der Waals surface area contributed by atoms with Crippen molar-refractivity contribution in [3.63, 3.8) is 0 Å². The van der Waals surface area contributed by atoms with Crippen LogP contribution in [-0.4, -0.2) is 36.9 Å². The number of hydrogen-bond acceptors (Lipinski definition) is 7. The van der Waals surface area contributed by atoms with Crippen LogP contribution in [0.4, 0.5) is 0 Å². The Labute approximate surface area is 120 Å². The number of esters is 2. The molecule has 4 heterocycles. The smallest absolute Gasteiger partial charge is 0.309 e. The third-order valence-corrected chi connectivity index (χ3v) is 3.98.